The van der Waals surface area contributed by atoms with Crippen molar-refractivity contribution in [3.8, 4) is 5.88 Å². The summed E-state index contributed by atoms with van der Waals surface area (Å²) in [5.74, 6) is 1.46. The molecule has 0 saturated carbocycles. The molecule has 2 heterocycles. The van der Waals surface area contributed by atoms with Crippen LogP contribution in [0.4, 0.5) is 5.82 Å². The Morgan fingerprint density at radius 2 is 2.11 bits per heavy atom. The zero-order chi connectivity index (χ0) is 13.8. The lowest BCUT2D eigenvalue weighted by Gasteiger charge is -2.38. The summed E-state index contributed by atoms with van der Waals surface area (Å²) in [4.78, 5) is 11.1. The third-order valence-corrected chi connectivity index (χ3v) is 3.41. The van der Waals surface area contributed by atoms with E-state index in [-0.39, 0.29) is 12.1 Å². The first-order valence-corrected chi connectivity index (χ1v) is 7.09. The van der Waals surface area contributed by atoms with Crippen LogP contribution in [0.2, 0.25) is 0 Å². The van der Waals surface area contributed by atoms with Crippen molar-refractivity contribution >= 4 is 5.82 Å². The second kappa shape index (κ2) is 6.19. The molecule has 2 N–H and O–H groups in total. The van der Waals surface area contributed by atoms with E-state index in [0.717, 1.165) is 18.8 Å². The van der Waals surface area contributed by atoms with E-state index < -0.39 is 0 Å². The lowest BCUT2D eigenvalue weighted by Crippen LogP contribution is -2.49. The van der Waals surface area contributed by atoms with Gasteiger partial charge in [0.1, 0.15) is 0 Å². The van der Waals surface area contributed by atoms with E-state index in [2.05, 4.69) is 21.8 Å². The Morgan fingerprint density at radius 1 is 1.32 bits per heavy atom. The van der Waals surface area contributed by atoms with Crippen LogP contribution in [0, 0.1) is 0 Å². The summed E-state index contributed by atoms with van der Waals surface area (Å²) in [6.07, 6.45) is 7.10. The molecule has 5 nitrogen and oxygen atoms in total. The maximum absolute atomic E-state index is 6.09. The highest BCUT2D eigenvalue weighted by atomic mass is 16.5. The monoisotopic (exact) mass is 264 g/mol. The summed E-state index contributed by atoms with van der Waals surface area (Å²) in [6.45, 7) is 7.02. The van der Waals surface area contributed by atoms with E-state index in [1.807, 2.05) is 13.8 Å². The van der Waals surface area contributed by atoms with Crippen molar-refractivity contribution < 1.29 is 4.74 Å². The third-order valence-electron chi connectivity index (χ3n) is 3.41. The van der Waals surface area contributed by atoms with E-state index in [0.29, 0.717) is 11.9 Å². The lowest BCUT2D eigenvalue weighted by atomic mass is 9.97. The van der Waals surface area contributed by atoms with Gasteiger partial charge >= 0.3 is 0 Å². The third kappa shape index (κ3) is 3.56. The molecule has 1 saturated heterocycles. The first-order chi connectivity index (χ1) is 9.08. The average molecular weight is 264 g/mol. The maximum atomic E-state index is 6.09. The van der Waals surface area contributed by atoms with Crippen LogP contribution in [0.15, 0.2) is 12.4 Å². The van der Waals surface area contributed by atoms with Gasteiger partial charge in [-0.1, -0.05) is 0 Å². The van der Waals surface area contributed by atoms with E-state index in [1.54, 1.807) is 12.4 Å². The molecule has 2 rings (SSSR count). The fourth-order valence-corrected chi connectivity index (χ4v) is 2.56. The quantitative estimate of drug-likeness (QED) is 0.900. The molecule has 5 heteroatoms. The normalized spacial score (nSPS) is 21.5. The van der Waals surface area contributed by atoms with Gasteiger partial charge in [0.15, 0.2) is 5.82 Å². The number of aromatic nitrogens is 2. The predicted molar refractivity (Wildman–Crippen MR) is 76.4 cm³/mol. The Labute approximate surface area is 115 Å². The van der Waals surface area contributed by atoms with Crippen molar-refractivity contribution in [2.24, 2.45) is 5.73 Å². The smallest absolute Gasteiger partial charge is 0.234 e. The zero-order valence-corrected chi connectivity index (χ0v) is 12.0. The maximum Gasteiger partial charge on any atom is 0.234 e. The molecule has 1 fully saturated rings. The molecule has 1 aromatic rings. The van der Waals surface area contributed by atoms with Crippen LogP contribution in [0.3, 0.4) is 0 Å². The summed E-state index contributed by atoms with van der Waals surface area (Å²) in [5.41, 5.74) is 6.09. The molecule has 2 unspecified atom stereocenters. The van der Waals surface area contributed by atoms with Gasteiger partial charge < -0.3 is 15.4 Å². The number of anilines is 1. The van der Waals surface area contributed by atoms with Gasteiger partial charge in [-0.15, -0.1) is 0 Å². The van der Waals surface area contributed by atoms with E-state index >= 15 is 0 Å². The highest BCUT2D eigenvalue weighted by Gasteiger charge is 2.26. The van der Waals surface area contributed by atoms with Gasteiger partial charge in [-0.2, -0.15) is 4.98 Å². The highest BCUT2D eigenvalue weighted by Crippen LogP contribution is 2.25. The molecule has 0 radical (unpaired) electrons. The van der Waals surface area contributed by atoms with Crippen LogP contribution in [-0.2, 0) is 0 Å². The zero-order valence-electron chi connectivity index (χ0n) is 12.0. The van der Waals surface area contributed by atoms with Crippen molar-refractivity contribution in [2.75, 3.05) is 11.4 Å². The first kappa shape index (κ1) is 14.1. The Hall–Kier alpha value is -1.36. The van der Waals surface area contributed by atoms with Crippen LogP contribution >= 0.6 is 0 Å². The van der Waals surface area contributed by atoms with Gasteiger partial charge in [-0.25, -0.2) is 0 Å². The molecule has 0 bridgehead atoms. The number of nitrogens with two attached hydrogens (primary N) is 1. The van der Waals surface area contributed by atoms with Gasteiger partial charge in [-0.05, 0) is 40.0 Å². The Morgan fingerprint density at radius 3 is 2.79 bits per heavy atom. The Bertz CT molecular complexity index is 408. The Kier molecular flexibility index (Phi) is 4.58. The number of ether oxygens (including phenoxy) is 1. The summed E-state index contributed by atoms with van der Waals surface area (Å²) in [5, 5.41) is 0. The lowest BCUT2D eigenvalue weighted by molar-refractivity contribution is 0.231. The van der Waals surface area contributed by atoms with Crippen molar-refractivity contribution in [3.05, 3.63) is 12.4 Å². The van der Waals surface area contributed by atoms with Gasteiger partial charge in [-0.3, -0.25) is 4.98 Å². The standard InChI is InChI=1S/C14H24N4O/c1-10(2)19-14-9-16-8-13(17-14)18-7-5-4-6-12(18)11(3)15/h8-12H,4-7,15H2,1-3H3. The summed E-state index contributed by atoms with van der Waals surface area (Å²) < 4.78 is 5.61. The molecule has 106 valence electrons. The largest absolute Gasteiger partial charge is 0.474 e. The molecule has 0 spiro atoms. The molecule has 0 aromatic carbocycles. The molecule has 1 aromatic heterocycles. The van der Waals surface area contributed by atoms with Gasteiger partial charge in [0.05, 0.1) is 18.5 Å². The molecule has 0 amide bonds. The molecule has 0 aliphatic carbocycles. The Balaban J connectivity index is 2.19. The van der Waals surface area contributed by atoms with Crippen molar-refractivity contribution in [1.82, 2.24) is 9.97 Å². The highest BCUT2D eigenvalue weighted by molar-refractivity contribution is 5.40. The average Bonchev–Trinajstić information content (AvgIpc) is 2.38. The van der Waals surface area contributed by atoms with Crippen molar-refractivity contribution in [2.45, 2.75) is 58.2 Å². The number of hydrogen-bond acceptors (Lipinski definition) is 5. The molecule has 1 aliphatic rings. The number of piperidine rings is 1. The van der Waals surface area contributed by atoms with E-state index in [1.165, 1.54) is 12.8 Å². The minimum atomic E-state index is 0.107. The minimum absolute atomic E-state index is 0.107. The minimum Gasteiger partial charge on any atom is -0.474 e. The SMILES string of the molecule is CC(C)Oc1cncc(N2CCCCC2C(C)N)n1. The summed E-state index contributed by atoms with van der Waals surface area (Å²) >= 11 is 0. The predicted octanol–water partition coefficient (Wildman–Crippen LogP) is 1.97. The number of nitrogens with zero attached hydrogens (tertiary/aromatic N) is 3. The molecule has 19 heavy (non-hydrogen) atoms. The molecule has 2 atom stereocenters. The topological polar surface area (TPSA) is 64.3 Å². The first-order valence-electron chi connectivity index (χ1n) is 7.09. The molecular formula is C14H24N4O. The molecule has 1 aliphatic heterocycles. The van der Waals surface area contributed by atoms with Crippen molar-refractivity contribution in [1.29, 1.82) is 0 Å². The van der Waals surface area contributed by atoms with Crippen molar-refractivity contribution in [3.63, 3.8) is 0 Å². The van der Waals surface area contributed by atoms with E-state index in [9.17, 15) is 0 Å². The fourth-order valence-electron chi connectivity index (χ4n) is 2.56. The number of hydrogen-bond donors (Lipinski definition) is 1. The second-order valence-electron chi connectivity index (χ2n) is 5.50. The van der Waals surface area contributed by atoms with Crippen LogP contribution in [0.5, 0.6) is 5.88 Å². The van der Waals surface area contributed by atoms with Crippen LogP contribution in [0.1, 0.15) is 40.0 Å². The van der Waals surface area contributed by atoms with Crippen LogP contribution in [-0.4, -0.2) is 34.7 Å². The summed E-state index contributed by atoms with van der Waals surface area (Å²) in [7, 11) is 0. The van der Waals surface area contributed by atoms with Gasteiger partial charge in [0.25, 0.3) is 0 Å². The number of rotatable bonds is 4. The summed E-state index contributed by atoms with van der Waals surface area (Å²) in [6, 6.07) is 0.481. The van der Waals surface area contributed by atoms with Crippen LogP contribution < -0.4 is 15.4 Å². The van der Waals surface area contributed by atoms with Gasteiger partial charge in [0.2, 0.25) is 5.88 Å². The second-order valence-corrected chi connectivity index (χ2v) is 5.50. The van der Waals surface area contributed by atoms with Gasteiger partial charge in [0, 0.05) is 18.6 Å². The van der Waals surface area contributed by atoms with E-state index in [4.69, 9.17) is 10.5 Å². The van der Waals surface area contributed by atoms with Crippen LogP contribution in [0.25, 0.3) is 0 Å². The fraction of sp³-hybridized carbons (Fsp3) is 0.714. The molecular weight excluding hydrogens is 240 g/mol.